The topological polar surface area (TPSA) is 70.2 Å². The molecule has 1 saturated heterocycles. The smallest absolute Gasteiger partial charge is 0.251 e. The Morgan fingerprint density at radius 1 is 1.33 bits per heavy atom. The molecule has 1 aliphatic rings. The van der Waals surface area contributed by atoms with Gasteiger partial charge in [0.25, 0.3) is 5.91 Å². The average molecular weight is 289 g/mol. The van der Waals surface area contributed by atoms with Crippen molar-refractivity contribution in [2.24, 2.45) is 5.92 Å². The van der Waals surface area contributed by atoms with Gasteiger partial charge in [0.1, 0.15) is 0 Å². The molecule has 5 nitrogen and oxygen atoms in total. The fraction of sp³-hybridized carbons (Fsp3) is 0.500. The van der Waals surface area contributed by atoms with Crippen LogP contribution in [0.15, 0.2) is 18.2 Å². The zero-order chi connectivity index (χ0) is 15.4. The summed E-state index contributed by atoms with van der Waals surface area (Å²) in [5.41, 5.74) is 2.22. The van der Waals surface area contributed by atoms with Crippen molar-refractivity contribution in [3.05, 3.63) is 29.3 Å². The molecule has 3 N–H and O–H groups in total. The van der Waals surface area contributed by atoms with Crippen LogP contribution in [-0.4, -0.2) is 31.4 Å². The Bertz CT molecular complexity index is 542. The Labute approximate surface area is 125 Å². The maximum atomic E-state index is 12.4. The molecule has 2 amide bonds. The number of benzene rings is 1. The molecule has 0 saturated carbocycles. The third-order valence-electron chi connectivity index (χ3n) is 3.98. The summed E-state index contributed by atoms with van der Waals surface area (Å²) in [4.78, 5) is 24.1. The third kappa shape index (κ3) is 3.82. The molecule has 0 radical (unpaired) electrons. The molecule has 21 heavy (non-hydrogen) atoms. The lowest BCUT2D eigenvalue weighted by Gasteiger charge is -2.27. The second-order valence-electron chi connectivity index (χ2n) is 5.67. The summed E-state index contributed by atoms with van der Waals surface area (Å²) in [5, 5.41) is 8.90. The molecule has 1 heterocycles. The van der Waals surface area contributed by atoms with E-state index in [1.807, 2.05) is 13.0 Å². The first-order chi connectivity index (χ1) is 10.0. The Morgan fingerprint density at radius 3 is 2.76 bits per heavy atom. The van der Waals surface area contributed by atoms with Gasteiger partial charge in [-0.05, 0) is 50.9 Å². The van der Waals surface area contributed by atoms with Gasteiger partial charge in [0.05, 0.1) is 0 Å². The first-order valence-corrected chi connectivity index (χ1v) is 7.38. The molecule has 2 rings (SSSR count). The Balaban J connectivity index is 2.11. The monoisotopic (exact) mass is 289 g/mol. The van der Waals surface area contributed by atoms with Crippen LogP contribution in [0.25, 0.3) is 0 Å². The van der Waals surface area contributed by atoms with Gasteiger partial charge < -0.3 is 16.0 Å². The number of aryl methyl sites for hydroxylation is 1. The number of hydrogen-bond acceptors (Lipinski definition) is 3. The van der Waals surface area contributed by atoms with Crippen LogP contribution < -0.4 is 16.0 Å². The highest BCUT2D eigenvalue weighted by molar-refractivity contribution is 5.98. The lowest BCUT2D eigenvalue weighted by atomic mass is 9.92. The fourth-order valence-corrected chi connectivity index (χ4v) is 2.65. The molecule has 5 heteroatoms. The quantitative estimate of drug-likeness (QED) is 0.793. The predicted molar refractivity (Wildman–Crippen MR) is 83.4 cm³/mol. The fourth-order valence-electron chi connectivity index (χ4n) is 2.65. The van der Waals surface area contributed by atoms with Crippen LogP contribution >= 0.6 is 0 Å². The minimum absolute atomic E-state index is 0.0318. The lowest BCUT2D eigenvalue weighted by molar-refractivity contribution is -0.120. The van der Waals surface area contributed by atoms with Gasteiger partial charge in [-0.25, -0.2) is 0 Å². The van der Waals surface area contributed by atoms with Gasteiger partial charge in [0.2, 0.25) is 5.91 Å². The highest BCUT2D eigenvalue weighted by Gasteiger charge is 2.25. The molecular formula is C16H23N3O2. The zero-order valence-electron chi connectivity index (χ0n) is 12.8. The van der Waals surface area contributed by atoms with E-state index < -0.39 is 0 Å². The number of nitrogens with one attached hydrogen (secondary N) is 3. The van der Waals surface area contributed by atoms with E-state index in [0.717, 1.165) is 24.9 Å². The van der Waals surface area contributed by atoms with Crippen molar-refractivity contribution < 1.29 is 9.59 Å². The van der Waals surface area contributed by atoms with Crippen LogP contribution in [0.4, 0.5) is 5.69 Å². The molecule has 0 bridgehead atoms. The van der Waals surface area contributed by atoms with Gasteiger partial charge in [-0.2, -0.15) is 0 Å². The molecule has 2 atom stereocenters. The number of hydrogen-bond donors (Lipinski definition) is 3. The van der Waals surface area contributed by atoms with Gasteiger partial charge in [-0.15, -0.1) is 0 Å². The summed E-state index contributed by atoms with van der Waals surface area (Å²) < 4.78 is 0. The second kappa shape index (κ2) is 6.72. The second-order valence-corrected chi connectivity index (χ2v) is 5.67. The minimum atomic E-state index is -0.152. The first kappa shape index (κ1) is 15.5. The van der Waals surface area contributed by atoms with Gasteiger partial charge in [0, 0.05) is 30.3 Å². The van der Waals surface area contributed by atoms with E-state index in [1.54, 1.807) is 19.2 Å². The summed E-state index contributed by atoms with van der Waals surface area (Å²) in [5.74, 6) is -0.0780. The molecular weight excluding hydrogens is 266 g/mol. The van der Waals surface area contributed by atoms with E-state index in [2.05, 4.69) is 22.9 Å². The number of amides is 2. The van der Waals surface area contributed by atoms with E-state index in [-0.39, 0.29) is 17.7 Å². The van der Waals surface area contributed by atoms with Crippen molar-refractivity contribution >= 4 is 17.5 Å². The van der Waals surface area contributed by atoms with Crippen molar-refractivity contribution in [1.82, 2.24) is 10.6 Å². The Hall–Kier alpha value is -1.88. The number of piperidine rings is 1. The van der Waals surface area contributed by atoms with Crippen LogP contribution in [0.1, 0.15) is 35.7 Å². The first-order valence-electron chi connectivity index (χ1n) is 7.38. The lowest BCUT2D eigenvalue weighted by Crippen LogP contribution is -2.40. The van der Waals surface area contributed by atoms with Gasteiger partial charge in [-0.3, -0.25) is 9.59 Å². The molecule has 1 aromatic carbocycles. The van der Waals surface area contributed by atoms with Crippen molar-refractivity contribution in [3.63, 3.8) is 0 Å². The summed E-state index contributed by atoms with van der Waals surface area (Å²) in [7, 11) is 1.59. The average Bonchev–Trinajstić information content (AvgIpc) is 2.48. The van der Waals surface area contributed by atoms with E-state index in [9.17, 15) is 9.59 Å². The van der Waals surface area contributed by atoms with E-state index >= 15 is 0 Å². The summed E-state index contributed by atoms with van der Waals surface area (Å²) in [6.07, 6.45) is 1.70. The minimum Gasteiger partial charge on any atom is -0.355 e. The summed E-state index contributed by atoms with van der Waals surface area (Å²) in [6.45, 7) is 4.89. The Kier molecular flexibility index (Phi) is 4.96. The van der Waals surface area contributed by atoms with Gasteiger partial charge in [-0.1, -0.05) is 6.07 Å². The number of rotatable bonds is 3. The number of carbonyl (C=O) groups is 2. The van der Waals surface area contributed by atoms with Crippen molar-refractivity contribution in [3.8, 4) is 0 Å². The number of anilines is 1. The molecule has 114 valence electrons. The van der Waals surface area contributed by atoms with Crippen LogP contribution in [0.5, 0.6) is 0 Å². The third-order valence-corrected chi connectivity index (χ3v) is 3.98. The van der Waals surface area contributed by atoms with Crippen LogP contribution in [0, 0.1) is 12.8 Å². The number of carbonyl (C=O) groups excluding carboxylic acids is 2. The molecule has 0 aliphatic carbocycles. The molecule has 1 fully saturated rings. The summed E-state index contributed by atoms with van der Waals surface area (Å²) >= 11 is 0. The van der Waals surface area contributed by atoms with Crippen LogP contribution in [-0.2, 0) is 4.79 Å². The largest absolute Gasteiger partial charge is 0.355 e. The SMILES string of the molecule is CNC(=O)c1ccc(C)c(NC(=O)[C@H]2CCN[C@@H](C)C2)c1. The highest BCUT2D eigenvalue weighted by Crippen LogP contribution is 2.21. The van der Waals surface area contributed by atoms with E-state index in [4.69, 9.17) is 0 Å². The summed E-state index contributed by atoms with van der Waals surface area (Å²) in [6, 6.07) is 5.71. The zero-order valence-corrected chi connectivity index (χ0v) is 12.8. The maximum Gasteiger partial charge on any atom is 0.251 e. The highest BCUT2D eigenvalue weighted by atomic mass is 16.2. The maximum absolute atomic E-state index is 12.4. The normalized spacial score (nSPS) is 21.7. The van der Waals surface area contributed by atoms with E-state index in [1.165, 1.54) is 0 Å². The van der Waals surface area contributed by atoms with Crippen molar-refractivity contribution in [1.29, 1.82) is 0 Å². The standard InChI is InChI=1S/C16H23N3O2/c1-10-4-5-12(15(20)17-3)9-14(10)19-16(21)13-6-7-18-11(2)8-13/h4-5,9,11,13,18H,6-8H2,1-3H3,(H,17,20)(H,19,21)/t11-,13-/m0/s1. The van der Waals surface area contributed by atoms with Crippen molar-refractivity contribution in [2.45, 2.75) is 32.7 Å². The predicted octanol–water partition coefficient (Wildman–Crippen LogP) is 1.68. The molecule has 0 unspecified atom stereocenters. The molecule has 0 spiro atoms. The molecule has 0 aromatic heterocycles. The van der Waals surface area contributed by atoms with Crippen molar-refractivity contribution in [2.75, 3.05) is 18.9 Å². The van der Waals surface area contributed by atoms with Gasteiger partial charge in [0.15, 0.2) is 0 Å². The van der Waals surface area contributed by atoms with Gasteiger partial charge >= 0.3 is 0 Å². The molecule has 1 aromatic rings. The van der Waals surface area contributed by atoms with Crippen LogP contribution in [0.2, 0.25) is 0 Å². The molecule has 1 aliphatic heterocycles. The van der Waals surface area contributed by atoms with E-state index in [0.29, 0.717) is 17.3 Å². The van der Waals surface area contributed by atoms with Crippen LogP contribution in [0.3, 0.4) is 0 Å². The Morgan fingerprint density at radius 2 is 2.10 bits per heavy atom.